The molecule has 1 aromatic carbocycles. The van der Waals surface area contributed by atoms with Crippen molar-refractivity contribution in [1.29, 1.82) is 0 Å². The smallest absolute Gasteiger partial charge is 0.255 e. The van der Waals surface area contributed by atoms with Crippen LogP contribution in [0.15, 0.2) is 30.3 Å². The summed E-state index contributed by atoms with van der Waals surface area (Å²) < 4.78 is 0. The Morgan fingerprint density at radius 2 is 1.58 bits per heavy atom. The van der Waals surface area contributed by atoms with Crippen LogP contribution in [-0.4, -0.2) is 12.5 Å². The van der Waals surface area contributed by atoms with Crippen LogP contribution in [0.3, 0.4) is 0 Å². The molecule has 12 heavy (non-hydrogen) atoms. The van der Waals surface area contributed by atoms with Crippen LogP contribution in [0, 0.1) is 0 Å². The second-order valence-corrected chi connectivity index (χ2v) is 5.28. The van der Waals surface area contributed by atoms with Crippen LogP contribution in [0.25, 0.3) is 0 Å². The van der Waals surface area contributed by atoms with E-state index in [-0.39, 0.29) is 10.9 Å². The van der Waals surface area contributed by atoms with E-state index in [1.165, 1.54) is 0 Å². The van der Waals surface area contributed by atoms with Gasteiger partial charge < -0.3 is 0 Å². The summed E-state index contributed by atoms with van der Waals surface area (Å²) in [7, 11) is -0.0213. The Morgan fingerprint density at radius 1 is 1.08 bits per heavy atom. The molecule has 3 heteroatoms. The standard InChI is InChI=1S/C9H15N2S/c1-12(2)9(10,11)8-6-4-3-5-7-8/h3-7H,10-11H2,1-2H3/q+1. The van der Waals surface area contributed by atoms with Crippen LogP contribution in [0.2, 0.25) is 0 Å². The van der Waals surface area contributed by atoms with Crippen molar-refractivity contribution in [2.45, 2.75) is 4.99 Å². The monoisotopic (exact) mass is 183 g/mol. The van der Waals surface area contributed by atoms with Gasteiger partial charge in [0.2, 0.25) is 0 Å². The SMILES string of the molecule is C[S+](C)C(N)(N)c1ccccc1. The molecule has 0 bridgehead atoms. The first-order valence-corrected chi connectivity index (χ1v) is 5.80. The maximum atomic E-state index is 5.97. The highest BCUT2D eigenvalue weighted by molar-refractivity contribution is 7.96. The molecular weight excluding hydrogens is 168 g/mol. The molecule has 0 aliphatic carbocycles. The van der Waals surface area contributed by atoms with Crippen LogP contribution >= 0.6 is 0 Å². The van der Waals surface area contributed by atoms with E-state index in [0.29, 0.717) is 0 Å². The van der Waals surface area contributed by atoms with Crippen molar-refractivity contribution in [3.63, 3.8) is 0 Å². The molecule has 4 N–H and O–H groups in total. The minimum Gasteiger partial charge on any atom is -0.266 e. The molecule has 0 saturated heterocycles. The molecule has 0 aliphatic heterocycles. The summed E-state index contributed by atoms with van der Waals surface area (Å²) in [6, 6.07) is 9.80. The van der Waals surface area contributed by atoms with Crippen LogP contribution in [-0.2, 0) is 15.9 Å². The number of hydrogen-bond donors (Lipinski definition) is 2. The minimum atomic E-state index is -0.679. The van der Waals surface area contributed by atoms with Gasteiger partial charge >= 0.3 is 0 Å². The molecule has 1 aromatic rings. The summed E-state index contributed by atoms with van der Waals surface area (Å²) in [4.78, 5) is -0.679. The molecule has 0 unspecified atom stereocenters. The highest BCUT2D eigenvalue weighted by Crippen LogP contribution is 2.17. The zero-order chi connectivity index (χ0) is 9.19. The van der Waals surface area contributed by atoms with Crippen molar-refractivity contribution in [2.75, 3.05) is 12.5 Å². The van der Waals surface area contributed by atoms with Gasteiger partial charge in [-0.1, -0.05) is 30.3 Å². The molecule has 0 fully saturated rings. The average Bonchev–Trinajstić information content (AvgIpc) is 2.06. The lowest BCUT2D eigenvalue weighted by Gasteiger charge is -2.20. The van der Waals surface area contributed by atoms with Gasteiger partial charge in [0.05, 0.1) is 0 Å². The maximum Gasteiger partial charge on any atom is 0.255 e. The van der Waals surface area contributed by atoms with E-state index in [1.807, 2.05) is 42.8 Å². The predicted molar refractivity (Wildman–Crippen MR) is 55.7 cm³/mol. The Labute approximate surface area is 76.3 Å². The Hall–Kier alpha value is -0.510. The molecule has 0 spiro atoms. The average molecular weight is 183 g/mol. The summed E-state index contributed by atoms with van der Waals surface area (Å²) in [6.07, 6.45) is 4.10. The Kier molecular flexibility index (Phi) is 2.77. The van der Waals surface area contributed by atoms with Gasteiger partial charge in [-0.3, -0.25) is 11.5 Å². The number of hydrogen-bond acceptors (Lipinski definition) is 2. The van der Waals surface area contributed by atoms with Crippen molar-refractivity contribution < 1.29 is 0 Å². The third-order valence-corrected chi connectivity index (χ3v) is 3.49. The Morgan fingerprint density at radius 3 is 2.00 bits per heavy atom. The summed E-state index contributed by atoms with van der Waals surface area (Å²) in [6.45, 7) is 0. The highest BCUT2D eigenvalue weighted by atomic mass is 32.2. The van der Waals surface area contributed by atoms with E-state index in [2.05, 4.69) is 0 Å². The molecule has 2 nitrogen and oxygen atoms in total. The lowest BCUT2D eigenvalue weighted by molar-refractivity contribution is 0.688. The first-order valence-electron chi connectivity index (χ1n) is 3.76. The van der Waals surface area contributed by atoms with Gasteiger partial charge in [-0.15, -0.1) is 0 Å². The van der Waals surface area contributed by atoms with Gasteiger partial charge in [-0.2, -0.15) is 0 Å². The predicted octanol–water partition coefficient (Wildman–Crippen LogP) is 0.592. The zero-order valence-corrected chi connectivity index (χ0v) is 8.27. The fourth-order valence-electron chi connectivity index (χ4n) is 0.934. The molecule has 0 aliphatic rings. The Balaban J connectivity index is 2.98. The van der Waals surface area contributed by atoms with Gasteiger partial charge in [0, 0.05) is 16.5 Å². The molecule has 0 atom stereocenters. The zero-order valence-electron chi connectivity index (χ0n) is 7.45. The van der Waals surface area contributed by atoms with E-state index in [0.717, 1.165) is 5.56 Å². The molecule has 0 amide bonds. The van der Waals surface area contributed by atoms with E-state index >= 15 is 0 Å². The van der Waals surface area contributed by atoms with Gasteiger partial charge in [0.25, 0.3) is 4.99 Å². The fraction of sp³-hybridized carbons (Fsp3) is 0.333. The van der Waals surface area contributed by atoms with Crippen molar-refractivity contribution in [1.82, 2.24) is 0 Å². The van der Waals surface area contributed by atoms with E-state index < -0.39 is 4.99 Å². The molecule has 0 radical (unpaired) electrons. The van der Waals surface area contributed by atoms with Crippen molar-refractivity contribution in [3.05, 3.63) is 35.9 Å². The first-order chi connectivity index (χ1) is 5.55. The summed E-state index contributed by atoms with van der Waals surface area (Å²) in [5.41, 5.74) is 12.9. The number of nitrogens with two attached hydrogens (primary N) is 2. The van der Waals surface area contributed by atoms with E-state index in [9.17, 15) is 0 Å². The summed E-state index contributed by atoms with van der Waals surface area (Å²) >= 11 is 0. The second kappa shape index (κ2) is 3.47. The lowest BCUT2D eigenvalue weighted by atomic mass is 10.2. The summed E-state index contributed by atoms with van der Waals surface area (Å²) in [5, 5.41) is 0. The van der Waals surface area contributed by atoms with Gasteiger partial charge in [-0.25, -0.2) is 0 Å². The Bertz CT molecular complexity index is 244. The molecule has 0 aromatic heterocycles. The normalized spacial score (nSPS) is 12.1. The van der Waals surface area contributed by atoms with Crippen LogP contribution in [0.4, 0.5) is 0 Å². The van der Waals surface area contributed by atoms with Crippen molar-refractivity contribution in [2.24, 2.45) is 11.5 Å². The lowest BCUT2D eigenvalue weighted by Crippen LogP contribution is -2.52. The number of benzene rings is 1. The van der Waals surface area contributed by atoms with E-state index in [4.69, 9.17) is 11.5 Å². The fourth-order valence-corrected chi connectivity index (χ4v) is 1.54. The quantitative estimate of drug-likeness (QED) is 0.521. The van der Waals surface area contributed by atoms with Crippen molar-refractivity contribution >= 4 is 10.9 Å². The van der Waals surface area contributed by atoms with Crippen molar-refractivity contribution in [3.8, 4) is 0 Å². The molecule has 66 valence electrons. The van der Waals surface area contributed by atoms with Gasteiger partial charge in [0.1, 0.15) is 12.5 Å². The van der Waals surface area contributed by atoms with Crippen LogP contribution in [0.5, 0.6) is 0 Å². The summed E-state index contributed by atoms with van der Waals surface area (Å²) in [5.74, 6) is 0. The highest BCUT2D eigenvalue weighted by Gasteiger charge is 2.34. The van der Waals surface area contributed by atoms with Gasteiger partial charge in [-0.05, 0) is 0 Å². The molecular formula is C9H15N2S+. The third kappa shape index (κ3) is 1.80. The van der Waals surface area contributed by atoms with E-state index in [1.54, 1.807) is 0 Å². The minimum absolute atomic E-state index is 0.0213. The molecule has 0 saturated carbocycles. The largest absolute Gasteiger partial charge is 0.266 e. The maximum absolute atomic E-state index is 5.97. The second-order valence-electron chi connectivity index (χ2n) is 2.98. The first kappa shape index (κ1) is 9.58. The number of rotatable bonds is 2. The molecule has 1 rings (SSSR count). The van der Waals surface area contributed by atoms with Gasteiger partial charge in [0.15, 0.2) is 0 Å². The third-order valence-electron chi connectivity index (χ3n) is 1.90. The van der Waals surface area contributed by atoms with Crippen LogP contribution < -0.4 is 11.5 Å². The topological polar surface area (TPSA) is 52.0 Å². The van der Waals surface area contributed by atoms with Crippen LogP contribution in [0.1, 0.15) is 5.56 Å². The molecule has 0 heterocycles.